The zero-order valence-corrected chi connectivity index (χ0v) is 13.7. The number of anilines is 1. The molecule has 0 amide bonds. The minimum absolute atomic E-state index is 0.0641. The Labute approximate surface area is 137 Å². The van der Waals surface area contributed by atoms with Crippen molar-refractivity contribution in [3.63, 3.8) is 0 Å². The second kappa shape index (κ2) is 6.55. The monoisotopic (exact) mass is 309 g/mol. The normalized spacial score (nSPS) is 17.5. The van der Waals surface area contributed by atoms with E-state index >= 15 is 0 Å². The topological polar surface area (TPSA) is 40.5 Å². The van der Waals surface area contributed by atoms with Crippen molar-refractivity contribution in [1.29, 1.82) is 0 Å². The summed E-state index contributed by atoms with van der Waals surface area (Å²) in [7, 11) is 0. The molecular weight excluding hydrogens is 286 g/mol. The molecule has 0 aromatic heterocycles. The average molecular weight is 309 g/mol. The summed E-state index contributed by atoms with van der Waals surface area (Å²) in [6.07, 6.45) is 2.13. The fourth-order valence-corrected chi connectivity index (χ4v) is 3.39. The lowest BCUT2D eigenvalue weighted by molar-refractivity contribution is 0.103. The first-order valence-corrected chi connectivity index (χ1v) is 8.19. The largest absolute Gasteiger partial charge is 0.394 e. The van der Waals surface area contributed by atoms with Gasteiger partial charge < -0.3 is 10.0 Å². The van der Waals surface area contributed by atoms with Crippen LogP contribution in [0.5, 0.6) is 0 Å². The summed E-state index contributed by atoms with van der Waals surface area (Å²) in [6.45, 7) is 5.16. The highest BCUT2D eigenvalue weighted by Gasteiger charge is 2.24. The van der Waals surface area contributed by atoms with Gasteiger partial charge in [-0.15, -0.1) is 0 Å². The molecule has 1 aliphatic heterocycles. The number of hydrogen-bond donors (Lipinski definition) is 1. The first kappa shape index (κ1) is 15.8. The van der Waals surface area contributed by atoms with Crippen LogP contribution in [0.4, 0.5) is 5.69 Å². The minimum Gasteiger partial charge on any atom is -0.394 e. The van der Waals surface area contributed by atoms with Crippen molar-refractivity contribution in [3.05, 3.63) is 64.7 Å². The molecule has 1 saturated heterocycles. The van der Waals surface area contributed by atoms with Gasteiger partial charge in [-0.1, -0.05) is 23.8 Å². The van der Waals surface area contributed by atoms with Gasteiger partial charge in [-0.3, -0.25) is 4.79 Å². The van der Waals surface area contributed by atoms with Gasteiger partial charge in [-0.2, -0.15) is 0 Å². The van der Waals surface area contributed by atoms with Gasteiger partial charge in [0.25, 0.3) is 0 Å². The quantitative estimate of drug-likeness (QED) is 0.879. The maximum absolute atomic E-state index is 12.7. The summed E-state index contributed by atoms with van der Waals surface area (Å²) in [4.78, 5) is 14.9. The van der Waals surface area contributed by atoms with Crippen molar-refractivity contribution in [2.75, 3.05) is 18.1 Å². The van der Waals surface area contributed by atoms with Crippen LogP contribution in [0.15, 0.2) is 42.5 Å². The molecule has 1 heterocycles. The fraction of sp³-hybridized carbons (Fsp3) is 0.350. The Bertz CT molecular complexity index is 706. The molecule has 1 aliphatic rings. The number of nitrogens with zero attached hydrogens (tertiary/aromatic N) is 1. The van der Waals surface area contributed by atoms with E-state index in [9.17, 15) is 9.90 Å². The van der Waals surface area contributed by atoms with Crippen molar-refractivity contribution >= 4 is 11.5 Å². The van der Waals surface area contributed by atoms with E-state index < -0.39 is 0 Å². The third kappa shape index (κ3) is 3.15. The smallest absolute Gasteiger partial charge is 0.193 e. The van der Waals surface area contributed by atoms with Crippen LogP contribution in [0.25, 0.3) is 0 Å². The number of aliphatic hydroxyl groups is 1. The maximum Gasteiger partial charge on any atom is 0.193 e. The predicted octanol–water partition coefficient (Wildman–Crippen LogP) is 3.50. The SMILES string of the molecule is Cc1ccc(C(=O)c2ccc(N3CCCC3CO)cc2)c(C)c1. The number of rotatable bonds is 4. The zero-order valence-electron chi connectivity index (χ0n) is 13.7. The van der Waals surface area contributed by atoms with E-state index in [1.807, 2.05) is 56.3 Å². The van der Waals surface area contributed by atoms with Crippen LogP contribution >= 0.6 is 0 Å². The van der Waals surface area contributed by atoms with E-state index in [2.05, 4.69) is 4.90 Å². The summed E-state index contributed by atoms with van der Waals surface area (Å²) < 4.78 is 0. The van der Waals surface area contributed by atoms with Gasteiger partial charge in [0.05, 0.1) is 12.6 Å². The zero-order chi connectivity index (χ0) is 16.4. The lowest BCUT2D eigenvalue weighted by Crippen LogP contribution is -2.31. The Kier molecular flexibility index (Phi) is 4.49. The molecule has 0 saturated carbocycles. The van der Waals surface area contributed by atoms with Gasteiger partial charge in [0, 0.05) is 23.4 Å². The molecule has 3 nitrogen and oxygen atoms in total. The summed E-state index contributed by atoms with van der Waals surface area (Å²) in [5, 5.41) is 9.45. The number of aryl methyl sites for hydroxylation is 2. The Morgan fingerprint density at radius 2 is 1.91 bits per heavy atom. The molecular formula is C20H23NO2. The summed E-state index contributed by atoms with van der Waals surface area (Å²) in [5.41, 5.74) is 4.73. The summed E-state index contributed by atoms with van der Waals surface area (Å²) in [6, 6.07) is 13.9. The van der Waals surface area contributed by atoms with Crippen molar-refractivity contribution in [2.45, 2.75) is 32.7 Å². The Balaban J connectivity index is 1.83. The van der Waals surface area contributed by atoms with E-state index in [1.165, 1.54) is 5.56 Å². The first-order chi connectivity index (χ1) is 11.1. The highest BCUT2D eigenvalue weighted by molar-refractivity contribution is 6.10. The number of hydrogen-bond acceptors (Lipinski definition) is 3. The number of benzene rings is 2. The van der Waals surface area contributed by atoms with Gasteiger partial charge in [-0.25, -0.2) is 0 Å². The molecule has 0 bridgehead atoms. The third-order valence-electron chi connectivity index (χ3n) is 4.68. The second-order valence-corrected chi connectivity index (χ2v) is 6.37. The average Bonchev–Trinajstić information content (AvgIpc) is 3.03. The molecule has 1 N–H and O–H groups in total. The molecule has 1 unspecified atom stereocenters. The van der Waals surface area contributed by atoms with Crippen molar-refractivity contribution < 1.29 is 9.90 Å². The molecule has 0 radical (unpaired) electrons. The number of carbonyl (C=O) groups excluding carboxylic acids is 1. The molecule has 3 heteroatoms. The molecule has 2 aromatic carbocycles. The van der Waals surface area contributed by atoms with E-state index in [4.69, 9.17) is 0 Å². The Morgan fingerprint density at radius 1 is 1.17 bits per heavy atom. The van der Waals surface area contributed by atoms with Crippen molar-refractivity contribution in [1.82, 2.24) is 0 Å². The van der Waals surface area contributed by atoms with Crippen LogP contribution in [0.2, 0.25) is 0 Å². The fourth-order valence-electron chi connectivity index (χ4n) is 3.39. The Morgan fingerprint density at radius 3 is 2.57 bits per heavy atom. The molecule has 2 aromatic rings. The van der Waals surface area contributed by atoms with Gasteiger partial charge in [0.15, 0.2) is 5.78 Å². The minimum atomic E-state index is 0.0641. The molecule has 0 aliphatic carbocycles. The number of carbonyl (C=O) groups is 1. The number of aliphatic hydroxyl groups excluding tert-OH is 1. The molecule has 1 fully saturated rings. The predicted molar refractivity (Wildman–Crippen MR) is 93.2 cm³/mol. The van der Waals surface area contributed by atoms with Crippen molar-refractivity contribution in [3.8, 4) is 0 Å². The standard InChI is InChI=1S/C20H23NO2/c1-14-5-10-19(15(2)12-14)20(23)16-6-8-17(9-7-16)21-11-3-4-18(21)13-22/h5-10,12,18,22H,3-4,11,13H2,1-2H3. The lowest BCUT2D eigenvalue weighted by Gasteiger charge is -2.25. The third-order valence-corrected chi connectivity index (χ3v) is 4.68. The van der Waals surface area contributed by atoms with E-state index in [-0.39, 0.29) is 18.4 Å². The van der Waals surface area contributed by atoms with Gasteiger partial charge in [-0.05, 0) is 56.5 Å². The van der Waals surface area contributed by atoms with Gasteiger partial charge >= 0.3 is 0 Å². The van der Waals surface area contributed by atoms with Crippen LogP contribution in [0, 0.1) is 13.8 Å². The van der Waals surface area contributed by atoms with Crippen LogP contribution in [-0.4, -0.2) is 30.1 Å². The van der Waals surface area contributed by atoms with E-state index in [1.54, 1.807) is 0 Å². The maximum atomic E-state index is 12.7. The van der Waals surface area contributed by atoms with Crippen LogP contribution in [0.1, 0.15) is 39.9 Å². The second-order valence-electron chi connectivity index (χ2n) is 6.37. The van der Waals surface area contributed by atoms with Gasteiger partial charge in [0.2, 0.25) is 0 Å². The summed E-state index contributed by atoms with van der Waals surface area (Å²) >= 11 is 0. The van der Waals surface area contributed by atoms with Crippen LogP contribution < -0.4 is 4.90 Å². The van der Waals surface area contributed by atoms with Gasteiger partial charge in [0.1, 0.15) is 0 Å². The number of ketones is 1. The summed E-state index contributed by atoms with van der Waals surface area (Å²) in [5.74, 6) is 0.0641. The molecule has 0 spiro atoms. The van der Waals surface area contributed by atoms with E-state index in [0.717, 1.165) is 36.2 Å². The van der Waals surface area contributed by atoms with Crippen molar-refractivity contribution in [2.24, 2.45) is 0 Å². The Hall–Kier alpha value is -2.13. The van der Waals surface area contributed by atoms with Crippen LogP contribution in [-0.2, 0) is 0 Å². The van der Waals surface area contributed by atoms with E-state index in [0.29, 0.717) is 5.56 Å². The molecule has 1 atom stereocenters. The lowest BCUT2D eigenvalue weighted by atomic mass is 9.97. The molecule has 23 heavy (non-hydrogen) atoms. The molecule has 120 valence electrons. The highest BCUT2D eigenvalue weighted by Crippen LogP contribution is 2.26. The first-order valence-electron chi connectivity index (χ1n) is 8.19. The highest BCUT2D eigenvalue weighted by atomic mass is 16.3. The van der Waals surface area contributed by atoms with Crippen LogP contribution in [0.3, 0.4) is 0 Å². The molecule has 3 rings (SSSR count).